The van der Waals surface area contributed by atoms with E-state index in [1.165, 1.54) is 7.11 Å². The second-order valence-corrected chi connectivity index (χ2v) is 6.18. The molecule has 1 amide bonds. The molecule has 1 N–H and O–H groups in total. The van der Waals surface area contributed by atoms with Gasteiger partial charge in [0.05, 0.1) is 26.4 Å². The minimum atomic E-state index is -0.551. The predicted molar refractivity (Wildman–Crippen MR) is 92.9 cm³/mol. The summed E-state index contributed by atoms with van der Waals surface area (Å²) in [7, 11) is 3.13. The molecule has 0 aliphatic carbocycles. The lowest BCUT2D eigenvalue weighted by Gasteiger charge is -2.25. The average Bonchev–Trinajstić information content (AvgIpc) is 3.02. The van der Waals surface area contributed by atoms with E-state index >= 15 is 0 Å². The van der Waals surface area contributed by atoms with Crippen LogP contribution in [0.4, 0.5) is 0 Å². The average molecular weight is 342 g/mol. The Bertz CT molecular complexity index is 778. The standard InChI is InChI=1S/C19H22N2O4/c1-12-7-14(9-18(20-12)25-3)19(23)21-11-15(22)10-17(21)13-5-4-6-16(8-13)24-2/h4-9,15,17,22H,10-11H2,1-3H3/t15-,17-/m0/s1. The first-order valence-corrected chi connectivity index (χ1v) is 8.17. The van der Waals surface area contributed by atoms with Crippen LogP contribution in [-0.2, 0) is 0 Å². The topological polar surface area (TPSA) is 71.9 Å². The summed E-state index contributed by atoms with van der Waals surface area (Å²) < 4.78 is 10.4. The number of ether oxygens (including phenoxy) is 2. The molecule has 0 saturated carbocycles. The van der Waals surface area contributed by atoms with E-state index in [-0.39, 0.29) is 11.9 Å². The Kier molecular flexibility index (Phi) is 4.90. The van der Waals surface area contributed by atoms with Crippen molar-refractivity contribution in [2.45, 2.75) is 25.5 Å². The molecule has 2 aromatic rings. The number of nitrogens with zero attached hydrogens (tertiary/aromatic N) is 2. The number of hydrogen-bond donors (Lipinski definition) is 1. The van der Waals surface area contributed by atoms with Crippen molar-refractivity contribution >= 4 is 5.91 Å². The molecule has 2 atom stereocenters. The quantitative estimate of drug-likeness (QED) is 0.923. The third-order valence-corrected chi connectivity index (χ3v) is 4.40. The molecule has 25 heavy (non-hydrogen) atoms. The van der Waals surface area contributed by atoms with Gasteiger partial charge in [-0.1, -0.05) is 12.1 Å². The summed E-state index contributed by atoms with van der Waals surface area (Å²) >= 11 is 0. The molecule has 1 aromatic heterocycles. The first kappa shape index (κ1) is 17.2. The number of rotatable bonds is 4. The van der Waals surface area contributed by atoms with E-state index in [0.717, 1.165) is 11.3 Å². The minimum Gasteiger partial charge on any atom is -0.497 e. The summed E-state index contributed by atoms with van der Waals surface area (Å²) in [6, 6.07) is 10.8. The number of aromatic nitrogens is 1. The number of β-amino-alcohol motifs (C(OH)–C–C–N with tert-alkyl or cyclic N) is 1. The van der Waals surface area contributed by atoms with Crippen molar-refractivity contribution in [3.8, 4) is 11.6 Å². The molecule has 0 unspecified atom stereocenters. The lowest BCUT2D eigenvalue weighted by molar-refractivity contribution is 0.0715. The van der Waals surface area contributed by atoms with Gasteiger partial charge in [-0.2, -0.15) is 0 Å². The molecule has 0 spiro atoms. The first-order valence-electron chi connectivity index (χ1n) is 8.17. The molecule has 1 aromatic carbocycles. The van der Waals surface area contributed by atoms with Crippen LogP contribution >= 0.6 is 0 Å². The van der Waals surface area contributed by atoms with Gasteiger partial charge in [0.2, 0.25) is 5.88 Å². The van der Waals surface area contributed by atoms with Crippen LogP contribution in [0.25, 0.3) is 0 Å². The molecule has 132 valence electrons. The number of pyridine rings is 1. The number of carbonyl (C=O) groups excluding carboxylic acids is 1. The van der Waals surface area contributed by atoms with E-state index in [4.69, 9.17) is 9.47 Å². The molecule has 2 heterocycles. The summed E-state index contributed by atoms with van der Waals surface area (Å²) in [6.45, 7) is 2.11. The summed E-state index contributed by atoms with van der Waals surface area (Å²) in [5, 5.41) is 10.1. The molecule has 6 heteroatoms. The fourth-order valence-corrected chi connectivity index (χ4v) is 3.24. The van der Waals surface area contributed by atoms with Crippen LogP contribution in [-0.4, -0.2) is 47.8 Å². The maximum Gasteiger partial charge on any atom is 0.254 e. The Labute approximate surface area is 147 Å². The fraction of sp³-hybridized carbons (Fsp3) is 0.368. The minimum absolute atomic E-state index is 0.145. The maximum atomic E-state index is 13.1. The number of methoxy groups -OCH3 is 2. The van der Waals surface area contributed by atoms with Crippen molar-refractivity contribution in [1.82, 2.24) is 9.88 Å². The normalized spacial score (nSPS) is 19.8. The molecule has 3 rings (SSSR count). The van der Waals surface area contributed by atoms with Crippen LogP contribution < -0.4 is 9.47 Å². The number of amides is 1. The number of aliphatic hydroxyl groups excluding tert-OH is 1. The van der Waals surface area contributed by atoms with Gasteiger partial charge in [-0.05, 0) is 37.1 Å². The molecule has 0 radical (unpaired) electrons. The van der Waals surface area contributed by atoms with Gasteiger partial charge in [-0.25, -0.2) is 4.98 Å². The highest BCUT2D eigenvalue weighted by molar-refractivity contribution is 5.95. The number of aryl methyl sites for hydroxylation is 1. The lowest BCUT2D eigenvalue weighted by Crippen LogP contribution is -2.32. The van der Waals surface area contributed by atoms with Crippen molar-refractivity contribution in [1.29, 1.82) is 0 Å². The monoisotopic (exact) mass is 342 g/mol. The molecule has 1 saturated heterocycles. The highest BCUT2D eigenvalue weighted by Crippen LogP contribution is 2.35. The number of hydrogen-bond acceptors (Lipinski definition) is 5. The number of likely N-dealkylation sites (tertiary alicyclic amines) is 1. The molecule has 1 aliphatic rings. The number of benzene rings is 1. The van der Waals surface area contributed by atoms with Crippen molar-refractivity contribution in [2.75, 3.05) is 20.8 Å². The van der Waals surface area contributed by atoms with Crippen molar-refractivity contribution in [3.63, 3.8) is 0 Å². The molecule has 6 nitrogen and oxygen atoms in total. The Morgan fingerprint density at radius 1 is 1.24 bits per heavy atom. The highest BCUT2D eigenvalue weighted by Gasteiger charge is 2.36. The van der Waals surface area contributed by atoms with Crippen LogP contribution in [0.3, 0.4) is 0 Å². The van der Waals surface area contributed by atoms with Crippen molar-refractivity contribution < 1.29 is 19.4 Å². The Hall–Kier alpha value is -2.60. The molecular weight excluding hydrogens is 320 g/mol. The predicted octanol–water partition coefficient (Wildman–Crippen LogP) is 2.36. The van der Waals surface area contributed by atoms with Crippen LogP contribution in [0.5, 0.6) is 11.6 Å². The van der Waals surface area contributed by atoms with Crippen LogP contribution in [0.1, 0.15) is 34.1 Å². The SMILES string of the molecule is COc1cccc([C@@H]2C[C@H](O)CN2C(=O)c2cc(C)nc(OC)c2)c1. The second-order valence-electron chi connectivity index (χ2n) is 6.18. The van der Waals surface area contributed by atoms with Gasteiger partial charge >= 0.3 is 0 Å². The van der Waals surface area contributed by atoms with Gasteiger partial charge in [0.15, 0.2) is 0 Å². The third kappa shape index (κ3) is 3.58. The van der Waals surface area contributed by atoms with Crippen molar-refractivity contribution in [2.24, 2.45) is 0 Å². The zero-order valence-electron chi connectivity index (χ0n) is 14.6. The summed E-state index contributed by atoms with van der Waals surface area (Å²) in [4.78, 5) is 19.0. The molecule has 1 aliphatic heterocycles. The largest absolute Gasteiger partial charge is 0.497 e. The Morgan fingerprint density at radius 2 is 2.04 bits per heavy atom. The van der Waals surface area contributed by atoms with Gasteiger partial charge in [0.1, 0.15) is 5.75 Å². The molecule has 0 bridgehead atoms. The second kappa shape index (κ2) is 7.11. The van der Waals surface area contributed by atoms with Crippen LogP contribution in [0.15, 0.2) is 36.4 Å². The van der Waals surface area contributed by atoms with Gasteiger partial charge in [0.25, 0.3) is 5.91 Å². The molecule has 1 fully saturated rings. The van der Waals surface area contributed by atoms with E-state index in [0.29, 0.717) is 30.1 Å². The zero-order chi connectivity index (χ0) is 18.0. The van der Waals surface area contributed by atoms with Crippen molar-refractivity contribution in [3.05, 3.63) is 53.2 Å². The number of carbonyl (C=O) groups is 1. The van der Waals surface area contributed by atoms with E-state index in [9.17, 15) is 9.90 Å². The summed E-state index contributed by atoms with van der Waals surface area (Å²) in [5.41, 5.74) is 2.16. The third-order valence-electron chi connectivity index (χ3n) is 4.40. The summed E-state index contributed by atoms with van der Waals surface area (Å²) in [6.07, 6.45) is -0.0508. The lowest BCUT2D eigenvalue weighted by atomic mass is 10.0. The Balaban J connectivity index is 1.93. The fourth-order valence-electron chi connectivity index (χ4n) is 3.24. The maximum absolute atomic E-state index is 13.1. The highest BCUT2D eigenvalue weighted by atomic mass is 16.5. The van der Waals surface area contributed by atoms with E-state index in [2.05, 4.69) is 4.98 Å². The van der Waals surface area contributed by atoms with Gasteiger partial charge in [-0.15, -0.1) is 0 Å². The van der Waals surface area contributed by atoms with Gasteiger partial charge in [-0.3, -0.25) is 4.79 Å². The Morgan fingerprint density at radius 3 is 2.76 bits per heavy atom. The van der Waals surface area contributed by atoms with E-state index in [1.807, 2.05) is 31.2 Å². The van der Waals surface area contributed by atoms with E-state index in [1.54, 1.807) is 24.1 Å². The van der Waals surface area contributed by atoms with E-state index < -0.39 is 6.10 Å². The van der Waals surface area contributed by atoms with Crippen LogP contribution in [0, 0.1) is 6.92 Å². The van der Waals surface area contributed by atoms with Gasteiger partial charge in [0, 0.05) is 23.9 Å². The summed E-state index contributed by atoms with van der Waals surface area (Å²) in [5.74, 6) is 0.988. The van der Waals surface area contributed by atoms with Gasteiger partial charge < -0.3 is 19.5 Å². The first-order chi connectivity index (χ1) is 12.0. The smallest absolute Gasteiger partial charge is 0.254 e. The van der Waals surface area contributed by atoms with Crippen LogP contribution in [0.2, 0.25) is 0 Å². The zero-order valence-corrected chi connectivity index (χ0v) is 14.6. The number of aliphatic hydroxyl groups is 1. The molecular formula is C19H22N2O4.